The predicted octanol–water partition coefficient (Wildman–Crippen LogP) is 1.21. The zero-order valence-electron chi connectivity index (χ0n) is 9.38. The third kappa shape index (κ3) is 2.54. The molecular weight excluding hydrogens is 222 g/mol. The second-order valence-corrected chi connectivity index (χ2v) is 3.54. The zero-order valence-corrected chi connectivity index (χ0v) is 9.38. The molecule has 3 N–H and O–H groups in total. The topological polar surface area (TPSA) is 94.4 Å². The lowest BCUT2D eigenvalue weighted by atomic mass is 10.2. The van der Waals surface area contributed by atoms with Crippen molar-refractivity contribution in [2.75, 3.05) is 19.5 Å². The minimum Gasteiger partial charge on any atom is -0.507 e. The van der Waals surface area contributed by atoms with Crippen LogP contribution in [0.4, 0.5) is 5.69 Å². The number of hydrogen-bond donors (Lipinski definition) is 2. The summed E-state index contributed by atoms with van der Waals surface area (Å²) < 4.78 is 9.96. The maximum absolute atomic E-state index is 9.70. The van der Waals surface area contributed by atoms with E-state index in [0.29, 0.717) is 30.1 Å². The standard InChI is InChI=1S/C11H13N3O3/c1-16-5-4-10-13-11(17-14-10)8-3-2-7(12)6-9(8)15/h2-3,6,15H,4-5,12H2,1H3. The van der Waals surface area contributed by atoms with Gasteiger partial charge in [0.25, 0.3) is 5.89 Å². The molecule has 1 heterocycles. The van der Waals surface area contributed by atoms with Crippen LogP contribution in [0.3, 0.4) is 0 Å². The fourth-order valence-electron chi connectivity index (χ4n) is 1.39. The maximum atomic E-state index is 9.70. The molecule has 0 bridgehead atoms. The zero-order chi connectivity index (χ0) is 12.3. The van der Waals surface area contributed by atoms with E-state index in [-0.39, 0.29) is 11.6 Å². The highest BCUT2D eigenvalue weighted by Crippen LogP contribution is 2.29. The van der Waals surface area contributed by atoms with Crippen LogP contribution in [0, 0.1) is 0 Å². The Balaban J connectivity index is 2.24. The lowest BCUT2D eigenvalue weighted by Crippen LogP contribution is -1.96. The second kappa shape index (κ2) is 4.84. The van der Waals surface area contributed by atoms with E-state index in [1.54, 1.807) is 19.2 Å². The van der Waals surface area contributed by atoms with Crippen molar-refractivity contribution in [2.24, 2.45) is 0 Å². The van der Waals surface area contributed by atoms with Crippen molar-refractivity contribution in [3.8, 4) is 17.2 Å². The molecule has 17 heavy (non-hydrogen) atoms. The van der Waals surface area contributed by atoms with Crippen molar-refractivity contribution in [2.45, 2.75) is 6.42 Å². The molecular formula is C11H13N3O3. The van der Waals surface area contributed by atoms with Crippen LogP contribution in [0.15, 0.2) is 22.7 Å². The molecule has 2 aromatic rings. The van der Waals surface area contributed by atoms with E-state index in [1.165, 1.54) is 6.07 Å². The molecule has 90 valence electrons. The SMILES string of the molecule is COCCc1noc(-c2ccc(N)cc2O)n1. The highest BCUT2D eigenvalue weighted by molar-refractivity contribution is 5.66. The van der Waals surface area contributed by atoms with Gasteiger partial charge in [-0.3, -0.25) is 0 Å². The predicted molar refractivity (Wildman–Crippen MR) is 61.4 cm³/mol. The number of phenols is 1. The second-order valence-electron chi connectivity index (χ2n) is 3.54. The van der Waals surface area contributed by atoms with Gasteiger partial charge < -0.3 is 20.1 Å². The smallest absolute Gasteiger partial charge is 0.261 e. The number of nitrogen functional groups attached to an aromatic ring is 1. The average molecular weight is 235 g/mol. The Morgan fingerprint density at radius 3 is 3.00 bits per heavy atom. The number of phenolic OH excluding ortho intramolecular Hbond substituents is 1. The number of benzene rings is 1. The summed E-state index contributed by atoms with van der Waals surface area (Å²) in [7, 11) is 1.60. The van der Waals surface area contributed by atoms with Crippen LogP contribution in [0.25, 0.3) is 11.5 Å². The van der Waals surface area contributed by atoms with E-state index in [9.17, 15) is 5.11 Å². The Hall–Kier alpha value is -2.08. The van der Waals surface area contributed by atoms with Gasteiger partial charge in [0.15, 0.2) is 5.82 Å². The van der Waals surface area contributed by atoms with E-state index in [4.69, 9.17) is 15.0 Å². The lowest BCUT2D eigenvalue weighted by Gasteiger charge is -1.99. The van der Waals surface area contributed by atoms with Gasteiger partial charge in [-0.05, 0) is 12.1 Å². The molecule has 0 aliphatic carbocycles. The monoisotopic (exact) mass is 235 g/mol. The van der Waals surface area contributed by atoms with E-state index >= 15 is 0 Å². The fraction of sp³-hybridized carbons (Fsp3) is 0.273. The first-order chi connectivity index (χ1) is 8.20. The summed E-state index contributed by atoms with van der Waals surface area (Å²) in [5.41, 5.74) is 6.48. The molecule has 0 aliphatic heterocycles. The van der Waals surface area contributed by atoms with Crippen molar-refractivity contribution in [1.29, 1.82) is 0 Å². The van der Waals surface area contributed by atoms with Crippen LogP contribution < -0.4 is 5.73 Å². The van der Waals surface area contributed by atoms with Gasteiger partial charge in [0.1, 0.15) is 5.75 Å². The number of ether oxygens (including phenoxy) is 1. The molecule has 0 spiro atoms. The van der Waals surface area contributed by atoms with Crippen LogP contribution in [0.2, 0.25) is 0 Å². The third-order valence-electron chi connectivity index (χ3n) is 2.25. The quantitative estimate of drug-likeness (QED) is 0.773. The molecule has 1 aromatic heterocycles. The van der Waals surface area contributed by atoms with Gasteiger partial charge in [-0.2, -0.15) is 4.98 Å². The number of hydrogen-bond acceptors (Lipinski definition) is 6. The lowest BCUT2D eigenvalue weighted by molar-refractivity contribution is 0.199. The third-order valence-corrected chi connectivity index (χ3v) is 2.25. The molecule has 6 heteroatoms. The van der Waals surface area contributed by atoms with Crippen molar-refractivity contribution in [3.63, 3.8) is 0 Å². The first-order valence-electron chi connectivity index (χ1n) is 5.11. The van der Waals surface area contributed by atoms with Crippen molar-refractivity contribution in [3.05, 3.63) is 24.0 Å². The van der Waals surface area contributed by atoms with Gasteiger partial charge in [-0.15, -0.1) is 0 Å². The summed E-state index contributed by atoms with van der Waals surface area (Å²) in [5.74, 6) is 0.832. The summed E-state index contributed by atoms with van der Waals surface area (Å²) in [5, 5.41) is 13.5. The van der Waals surface area contributed by atoms with E-state index < -0.39 is 0 Å². The molecule has 0 saturated heterocycles. The van der Waals surface area contributed by atoms with Crippen LogP contribution >= 0.6 is 0 Å². The van der Waals surface area contributed by atoms with Crippen LogP contribution in [-0.2, 0) is 11.2 Å². The molecule has 0 atom stereocenters. The molecule has 2 rings (SSSR count). The van der Waals surface area contributed by atoms with E-state index in [1.807, 2.05) is 0 Å². The summed E-state index contributed by atoms with van der Waals surface area (Å²) in [4.78, 5) is 4.15. The number of anilines is 1. The molecule has 0 radical (unpaired) electrons. The van der Waals surface area contributed by atoms with Gasteiger partial charge in [0, 0.05) is 25.3 Å². The Kier molecular flexibility index (Phi) is 3.24. The van der Waals surface area contributed by atoms with Crippen molar-refractivity contribution in [1.82, 2.24) is 10.1 Å². The van der Waals surface area contributed by atoms with Crippen LogP contribution in [0.1, 0.15) is 5.82 Å². The van der Waals surface area contributed by atoms with Gasteiger partial charge in [-0.1, -0.05) is 5.16 Å². The van der Waals surface area contributed by atoms with Gasteiger partial charge in [0.05, 0.1) is 12.2 Å². The minimum absolute atomic E-state index is 0.0203. The molecule has 6 nitrogen and oxygen atoms in total. The number of nitrogens with zero attached hydrogens (tertiary/aromatic N) is 2. The number of methoxy groups -OCH3 is 1. The molecule has 0 fully saturated rings. The molecule has 1 aromatic carbocycles. The van der Waals surface area contributed by atoms with Gasteiger partial charge in [0.2, 0.25) is 0 Å². The first-order valence-corrected chi connectivity index (χ1v) is 5.11. The summed E-state index contributed by atoms with van der Waals surface area (Å²) in [6.07, 6.45) is 0.565. The van der Waals surface area contributed by atoms with Crippen LogP contribution in [-0.4, -0.2) is 29.0 Å². The molecule has 0 aliphatic rings. The number of aromatic nitrogens is 2. The minimum atomic E-state index is 0.0203. The number of rotatable bonds is 4. The normalized spacial score (nSPS) is 10.6. The van der Waals surface area contributed by atoms with E-state index in [0.717, 1.165) is 0 Å². The van der Waals surface area contributed by atoms with Gasteiger partial charge >= 0.3 is 0 Å². The molecule has 0 unspecified atom stereocenters. The highest BCUT2D eigenvalue weighted by Gasteiger charge is 2.12. The largest absolute Gasteiger partial charge is 0.507 e. The Labute approximate surface area is 98.0 Å². The van der Waals surface area contributed by atoms with Crippen molar-refractivity contribution >= 4 is 5.69 Å². The Morgan fingerprint density at radius 1 is 1.47 bits per heavy atom. The fourth-order valence-corrected chi connectivity index (χ4v) is 1.39. The first kappa shape index (κ1) is 11.4. The Morgan fingerprint density at radius 2 is 2.29 bits per heavy atom. The number of nitrogens with two attached hydrogens (primary N) is 1. The van der Waals surface area contributed by atoms with Crippen molar-refractivity contribution < 1.29 is 14.4 Å². The summed E-state index contributed by atoms with van der Waals surface area (Å²) >= 11 is 0. The number of aromatic hydroxyl groups is 1. The highest BCUT2D eigenvalue weighted by atomic mass is 16.5. The molecule has 0 amide bonds. The average Bonchev–Trinajstić information content (AvgIpc) is 2.75. The van der Waals surface area contributed by atoms with Crippen LogP contribution in [0.5, 0.6) is 5.75 Å². The molecule has 0 saturated carbocycles. The Bertz CT molecular complexity index is 510. The van der Waals surface area contributed by atoms with E-state index in [2.05, 4.69) is 10.1 Å². The maximum Gasteiger partial charge on any atom is 0.261 e. The van der Waals surface area contributed by atoms with Gasteiger partial charge in [-0.25, -0.2) is 0 Å². The summed E-state index contributed by atoms with van der Waals surface area (Å²) in [6, 6.07) is 4.74. The summed E-state index contributed by atoms with van der Waals surface area (Å²) in [6.45, 7) is 0.521.